The lowest BCUT2D eigenvalue weighted by atomic mass is 10.1. The Morgan fingerprint density at radius 3 is 2.59 bits per heavy atom. The van der Waals surface area contributed by atoms with Crippen molar-refractivity contribution in [2.45, 2.75) is 39.3 Å². The molecule has 2 aromatic heterocycles. The van der Waals surface area contributed by atoms with Crippen LogP contribution < -0.4 is 15.0 Å². The maximum atomic E-state index is 13.2. The lowest BCUT2D eigenvalue weighted by molar-refractivity contribution is -0.152. The molecule has 0 radical (unpaired) electrons. The number of ether oxygens (including phenoxy) is 3. The molecule has 0 fully saturated rings. The SMILES string of the molecule is CC[C@@H](C)OC(=O)[C@@H](C)n1cnc2scc(-c3ccc(OC)c(OC)c3)c2c1=O. The van der Waals surface area contributed by atoms with Crippen LogP contribution >= 0.6 is 11.3 Å². The minimum absolute atomic E-state index is 0.208. The minimum Gasteiger partial charge on any atom is -0.493 e. The van der Waals surface area contributed by atoms with Gasteiger partial charge in [-0.15, -0.1) is 11.3 Å². The highest BCUT2D eigenvalue weighted by atomic mass is 32.1. The van der Waals surface area contributed by atoms with Gasteiger partial charge in [0.15, 0.2) is 11.5 Å². The summed E-state index contributed by atoms with van der Waals surface area (Å²) >= 11 is 1.38. The van der Waals surface area contributed by atoms with Crippen LogP contribution in [0.4, 0.5) is 0 Å². The topological polar surface area (TPSA) is 79.7 Å². The van der Waals surface area contributed by atoms with E-state index in [1.165, 1.54) is 22.2 Å². The molecule has 2 heterocycles. The Kier molecular flexibility index (Phi) is 6.22. The van der Waals surface area contributed by atoms with Gasteiger partial charge in [0, 0.05) is 10.9 Å². The van der Waals surface area contributed by atoms with Gasteiger partial charge in [-0.2, -0.15) is 0 Å². The Morgan fingerprint density at radius 1 is 1.21 bits per heavy atom. The zero-order chi connectivity index (χ0) is 21.1. The number of benzene rings is 1. The molecule has 0 aliphatic heterocycles. The first-order valence-corrected chi connectivity index (χ1v) is 10.2. The fourth-order valence-corrected chi connectivity index (χ4v) is 3.84. The van der Waals surface area contributed by atoms with Crippen molar-refractivity contribution in [3.8, 4) is 22.6 Å². The van der Waals surface area contributed by atoms with E-state index in [4.69, 9.17) is 14.2 Å². The van der Waals surface area contributed by atoms with Gasteiger partial charge in [0.2, 0.25) is 0 Å². The molecule has 154 valence electrons. The summed E-state index contributed by atoms with van der Waals surface area (Å²) in [5, 5.41) is 2.35. The molecule has 0 aliphatic rings. The van der Waals surface area contributed by atoms with Crippen molar-refractivity contribution >= 4 is 27.5 Å². The van der Waals surface area contributed by atoms with Gasteiger partial charge in [0.05, 0.1) is 32.0 Å². The number of nitrogens with zero attached hydrogens (tertiary/aromatic N) is 2. The van der Waals surface area contributed by atoms with Crippen LogP contribution in [0.5, 0.6) is 11.5 Å². The fraction of sp³-hybridized carbons (Fsp3) is 0.381. The fourth-order valence-electron chi connectivity index (χ4n) is 2.93. The average molecular weight is 416 g/mol. The summed E-state index contributed by atoms with van der Waals surface area (Å²) in [5.74, 6) is 0.720. The van der Waals surface area contributed by atoms with Crippen LogP contribution in [-0.4, -0.2) is 35.8 Å². The highest BCUT2D eigenvalue weighted by Gasteiger charge is 2.22. The number of hydrogen-bond acceptors (Lipinski definition) is 7. The van der Waals surface area contributed by atoms with E-state index in [9.17, 15) is 9.59 Å². The van der Waals surface area contributed by atoms with Crippen LogP contribution in [0.15, 0.2) is 34.7 Å². The van der Waals surface area contributed by atoms with E-state index < -0.39 is 12.0 Å². The average Bonchev–Trinajstić information content (AvgIpc) is 3.17. The van der Waals surface area contributed by atoms with Crippen LogP contribution in [0.25, 0.3) is 21.3 Å². The van der Waals surface area contributed by atoms with Crippen LogP contribution in [0.1, 0.15) is 33.2 Å². The molecule has 8 heteroatoms. The minimum atomic E-state index is -0.772. The van der Waals surface area contributed by atoms with E-state index in [1.807, 2.05) is 31.4 Å². The van der Waals surface area contributed by atoms with E-state index in [1.54, 1.807) is 27.2 Å². The Labute approximate surface area is 172 Å². The third-order valence-electron chi connectivity index (χ3n) is 4.86. The molecule has 29 heavy (non-hydrogen) atoms. The van der Waals surface area contributed by atoms with E-state index in [2.05, 4.69) is 4.98 Å². The number of rotatable bonds is 7. The van der Waals surface area contributed by atoms with Gasteiger partial charge in [0.25, 0.3) is 5.56 Å². The van der Waals surface area contributed by atoms with E-state index in [-0.39, 0.29) is 11.7 Å². The third kappa shape index (κ3) is 3.98. The molecule has 3 rings (SSSR count). The van der Waals surface area contributed by atoms with Crippen LogP contribution in [-0.2, 0) is 9.53 Å². The van der Waals surface area contributed by atoms with Crippen molar-refractivity contribution in [3.63, 3.8) is 0 Å². The van der Waals surface area contributed by atoms with Gasteiger partial charge in [-0.3, -0.25) is 9.36 Å². The Balaban J connectivity index is 2.08. The predicted molar refractivity (Wildman–Crippen MR) is 113 cm³/mol. The summed E-state index contributed by atoms with van der Waals surface area (Å²) in [6, 6.07) is 4.70. The maximum absolute atomic E-state index is 13.2. The Morgan fingerprint density at radius 2 is 1.93 bits per heavy atom. The zero-order valence-corrected chi connectivity index (χ0v) is 17.9. The second-order valence-electron chi connectivity index (χ2n) is 6.69. The molecular formula is C21H24N2O5S. The lowest BCUT2D eigenvalue weighted by Crippen LogP contribution is -2.31. The molecule has 0 amide bonds. The summed E-state index contributed by atoms with van der Waals surface area (Å²) in [7, 11) is 3.13. The second kappa shape index (κ2) is 8.65. The van der Waals surface area contributed by atoms with Crippen molar-refractivity contribution in [2.24, 2.45) is 0 Å². The van der Waals surface area contributed by atoms with Crippen LogP contribution in [0, 0.1) is 0 Å². The number of thiophene rings is 1. The van der Waals surface area contributed by atoms with Gasteiger partial charge in [0.1, 0.15) is 10.9 Å². The molecular weight excluding hydrogens is 392 g/mol. The first kappa shape index (κ1) is 20.9. The number of carbonyl (C=O) groups is 1. The van der Waals surface area contributed by atoms with Gasteiger partial charge in [-0.1, -0.05) is 13.0 Å². The third-order valence-corrected chi connectivity index (χ3v) is 5.75. The zero-order valence-electron chi connectivity index (χ0n) is 17.1. The highest BCUT2D eigenvalue weighted by molar-refractivity contribution is 7.17. The monoisotopic (exact) mass is 416 g/mol. The second-order valence-corrected chi connectivity index (χ2v) is 7.55. The van der Waals surface area contributed by atoms with Crippen LogP contribution in [0.3, 0.4) is 0 Å². The number of carbonyl (C=O) groups excluding carboxylic acids is 1. The molecule has 0 saturated carbocycles. The standard InChI is InChI=1S/C21H24N2O5S/c1-6-12(2)28-21(25)13(3)23-11-22-19-18(20(23)24)15(10-29-19)14-7-8-16(26-4)17(9-14)27-5/h7-13H,6H2,1-5H3/t12-,13-/m1/s1. The van der Waals surface area contributed by atoms with Gasteiger partial charge < -0.3 is 14.2 Å². The van der Waals surface area contributed by atoms with E-state index in [0.717, 1.165) is 11.1 Å². The van der Waals surface area contributed by atoms with Gasteiger partial charge in [-0.25, -0.2) is 9.78 Å². The largest absolute Gasteiger partial charge is 0.493 e. The summed E-state index contributed by atoms with van der Waals surface area (Å²) < 4.78 is 17.4. The van der Waals surface area contributed by atoms with E-state index >= 15 is 0 Å². The Bertz CT molecular complexity index is 1090. The number of hydrogen-bond donors (Lipinski definition) is 0. The molecule has 0 saturated heterocycles. The molecule has 0 N–H and O–H groups in total. The van der Waals surface area contributed by atoms with Crippen molar-refractivity contribution in [1.29, 1.82) is 0 Å². The van der Waals surface area contributed by atoms with Crippen molar-refractivity contribution in [2.75, 3.05) is 14.2 Å². The lowest BCUT2D eigenvalue weighted by Gasteiger charge is -2.17. The quantitative estimate of drug-likeness (QED) is 0.541. The molecule has 0 spiro atoms. The van der Waals surface area contributed by atoms with Crippen molar-refractivity contribution in [3.05, 3.63) is 40.3 Å². The van der Waals surface area contributed by atoms with Crippen LogP contribution in [0.2, 0.25) is 0 Å². The van der Waals surface area contributed by atoms with Gasteiger partial charge >= 0.3 is 5.97 Å². The highest BCUT2D eigenvalue weighted by Crippen LogP contribution is 2.36. The number of esters is 1. The first-order chi connectivity index (χ1) is 13.9. The summed E-state index contributed by atoms with van der Waals surface area (Å²) in [6.45, 7) is 5.40. The normalized spacial score (nSPS) is 13.1. The molecule has 0 bridgehead atoms. The summed E-state index contributed by atoms with van der Waals surface area (Å²) in [4.78, 5) is 30.6. The maximum Gasteiger partial charge on any atom is 0.329 e. The number of methoxy groups -OCH3 is 2. The van der Waals surface area contributed by atoms with E-state index in [0.29, 0.717) is 28.1 Å². The molecule has 0 unspecified atom stereocenters. The molecule has 3 aromatic rings. The molecule has 2 atom stereocenters. The van der Waals surface area contributed by atoms with Crippen molar-refractivity contribution in [1.82, 2.24) is 9.55 Å². The Hall–Kier alpha value is -2.87. The predicted octanol–water partition coefficient (Wildman–Crippen LogP) is 4.04. The van der Waals surface area contributed by atoms with Crippen molar-refractivity contribution < 1.29 is 19.0 Å². The number of fused-ring (bicyclic) bond motifs is 1. The summed E-state index contributed by atoms with van der Waals surface area (Å²) in [6.07, 6.45) is 1.90. The number of aromatic nitrogens is 2. The summed E-state index contributed by atoms with van der Waals surface area (Å²) in [5.41, 5.74) is 1.26. The molecule has 1 aromatic carbocycles. The first-order valence-electron chi connectivity index (χ1n) is 9.32. The molecule has 7 nitrogen and oxygen atoms in total. The smallest absolute Gasteiger partial charge is 0.329 e. The molecule has 0 aliphatic carbocycles. The van der Waals surface area contributed by atoms with Gasteiger partial charge in [-0.05, 0) is 38.0 Å².